The highest BCUT2D eigenvalue weighted by atomic mass is 16.6. The Morgan fingerprint density at radius 2 is 1.63 bits per heavy atom. The first-order valence-electron chi connectivity index (χ1n) is 10.2. The average Bonchev–Trinajstić information content (AvgIpc) is 2.69. The number of amides is 2. The van der Waals surface area contributed by atoms with Gasteiger partial charge in [-0.15, -0.1) is 0 Å². The maximum Gasteiger partial charge on any atom is 0.407 e. The molecule has 0 aliphatic rings. The van der Waals surface area contributed by atoms with E-state index in [1.807, 2.05) is 27.7 Å². The molecule has 30 heavy (non-hydrogen) atoms. The molecule has 0 heterocycles. The van der Waals surface area contributed by atoms with Gasteiger partial charge in [0.1, 0.15) is 11.4 Å². The Balaban J connectivity index is 2.28. The monoisotopic (exact) mass is 421 g/mol. The molecule has 4 N–H and O–H groups in total. The Bertz CT molecular complexity index is 684. The topological polar surface area (TPSA) is 113 Å². The number of hydrogen-bond acceptors (Lipinski definition) is 5. The van der Waals surface area contributed by atoms with Crippen molar-refractivity contribution in [1.82, 2.24) is 21.3 Å². The number of ether oxygens (including phenoxy) is 2. The van der Waals surface area contributed by atoms with Crippen LogP contribution in [0, 0.1) is 0 Å². The second-order valence-electron chi connectivity index (χ2n) is 7.45. The first-order chi connectivity index (χ1) is 14.2. The molecule has 0 radical (unpaired) electrons. The molecule has 1 rings (SSSR count). The van der Waals surface area contributed by atoms with E-state index in [0.29, 0.717) is 49.9 Å². The number of hydrogen-bond donors (Lipinski definition) is 4. The zero-order valence-electron chi connectivity index (χ0n) is 18.6. The molecule has 9 heteroatoms. The van der Waals surface area contributed by atoms with Crippen LogP contribution in [0.1, 0.15) is 44.5 Å². The van der Waals surface area contributed by atoms with Crippen LogP contribution in [0.25, 0.3) is 0 Å². The Kier molecular flexibility index (Phi) is 11.1. The number of aliphatic imine (C=N–C) groups is 1. The molecule has 2 amide bonds. The molecule has 0 atom stereocenters. The van der Waals surface area contributed by atoms with Crippen LogP contribution in [-0.2, 0) is 4.74 Å². The summed E-state index contributed by atoms with van der Waals surface area (Å²) in [4.78, 5) is 28.2. The van der Waals surface area contributed by atoms with Gasteiger partial charge < -0.3 is 30.7 Å². The van der Waals surface area contributed by atoms with Crippen LogP contribution in [0.2, 0.25) is 0 Å². The second kappa shape index (κ2) is 13.3. The summed E-state index contributed by atoms with van der Waals surface area (Å²) in [5.74, 6) is 1.23. The van der Waals surface area contributed by atoms with Crippen LogP contribution in [0.4, 0.5) is 4.79 Å². The third kappa shape index (κ3) is 11.1. The number of carbonyl (C=O) groups is 2. The fraction of sp³-hybridized carbons (Fsp3) is 0.571. The lowest BCUT2D eigenvalue weighted by Crippen LogP contribution is -2.41. The number of carbonyl (C=O) groups excluding carboxylic acids is 2. The summed E-state index contributed by atoms with van der Waals surface area (Å²) >= 11 is 0. The van der Waals surface area contributed by atoms with E-state index in [4.69, 9.17) is 9.47 Å². The van der Waals surface area contributed by atoms with E-state index in [-0.39, 0.29) is 5.91 Å². The molecule has 0 bridgehead atoms. The van der Waals surface area contributed by atoms with Crippen molar-refractivity contribution in [3.05, 3.63) is 29.8 Å². The third-order valence-corrected chi connectivity index (χ3v) is 3.67. The maximum atomic E-state index is 12.1. The molecule has 168 valence electrons. The molecule has 0 unspecified atom stereocenters. The average molecular weight is 422 g/mol. The summed E-state index contributed by atoms with van der Waals surface area (Å²) in [6.45, 7) is 10.2. The van der Waals surface area contributed by atoms with Crippen LogP contribution in [0.15, 0.2) is 29.3 Å². The van der Waals surface area contributed by atoms with Gasteiger partial charge in [-0.2, -0.15) is 0 Å². The smallest absolute Gasteiger partial charge is 0.407 e. The number of nitrogens with zero attached hydrogens (tertiary/aromatic N) is 1. The molecule has 0 saturated carbocycles. The van der Waals surface area contributed by atoms with Crippen LogP contribution in [0.5, 0.6) is 5.75 Å². The van der Waals surface area contributed by atoms with Gasteiger partial charge >= 0.3 is 6.09 Å². The lowest BCUT2D eigenvalue weighted by Gasteiger charge is -2.19. The minimum Gasteiger partial charge on any atom is -0.497 e. The fourth-order valence-corrected chi connectivity index (χ4v) is 2.32. The number of nitrogens with one attached hydrogen (secondary N) is 4. The second-order valence-corrected chi connectivity index (χ2v) is 7.45. The Morgan fingerprint density at radius 3 is 2.23 bits per heavy atom. The molecule has 1 aromatic rings. The number of alkyl carbamates (subject to hydrolysis) is 1. The Morgan fingerprint density at radius 1 is 0.967 bits per heavy atom. The summed E-state index contributed by atoms with van der Waals surface area (Å²) < 4.78 is 10.3. The van der Waals surface area contributed by atoms with Crippen molar-refractivity contribution in [3.63, 3.8) is 0 Å². The molecular weight excluding hydrogens is 386 g/mol. The summed E-state index contributed by atoms with van der Waals surface area (Å²) in [7, 11) is 1.59. The number of methoxy groups -OCH3 is 1. The number of rotatable bonds is 10. The minimum atomic E-state index is -0.507. The molecule has 0 aliphatic carbocycles. The standard InChI is InChI=1S/C21H35N5O4/c1-6-22-19(24-12-7-13-26-20(28)30-21(2,3)4)25-15-14-23-18(27)16-8-10-17(29-5)11-9-16/h8-11H,6-7,12-15H2,1-5H3,(H,23,27)(H,26,28)(H2,22,24,25). The van der Waals surface area contributed by atoms with Gasteiger partial charge in [0, 0.05) is 38.3 Å². The highest BCUT2D eigenvalue weighted by molar-refractivity contribution is 5.94. The first-order valence-corrected chi connectivity index (χ1v) is 10.2. The van der Waals surface area contributed by atoms with E-state index >= 15 is 0 Å². The molecule has 0 spiro atoms. The van der Waals surface area contributed by atoms with Crippen LogP contribution in [-0.4, -0.2) is 63.4 Å². The van der Waals surface area contributed by atoms with Crippen molar-refractivity contribution in [3.8, 4) is 5.75 Å². The molecule has 0 aliphatic heterocycles. The minimum absolute atomic E-state index is 0.144. The molecule has 0 aromatic heterocycles. The lowest BCUT2D eigenvalue weighted by molar-refractivity contribution is 0.0527. The lowest BCUT2D eigenvalue weighted by atomic mass is 10.2. The van der Waals surface area contributed by atoms with Gasteiger partial charge in [0.25, 0.3) is 5.91 Å². The SMILES string of the molecule is CCNC(=NCCCNC(=O)OC(C)(C)C)NCCNC(=O)c1ccc(OC)cc1. The predicted octanol–water partition coefficient (Wildman–Crippen LogP) is 1.89. The van der Waals surface area contributed by atoms with Gasteiger partial charge in [0.2, 0.25) is 0 Å². The molecule has 0 fully saturated rings. The van der Waals surface area contributed by atoms with E-state index in [1.54, 1.807) is 31.4 Å². The zero-order valence-corrected chi connectivity index (χ0v) is 18.6. The van der Waals surface area contributed by atoms with E-state index in [0.717, 1.165) is 6.54 Å². The first kappa shape index (κ1) is 25.1. The van der Waals surface area contributed by atoms with Crippen LogP contribution >= 0.6 is 0 Å². The summed E-state index contributed by atoms with van der Waals surface area (Å²) in [6.07, 6.45) is 0.258. The van der Waals surface area contributed by atoms with E-state index in [9.17, 15) is 9.59 Å². The third-order valence-electron chi connectivity index (χ3n) is 3.67. The Labute approximate surface area is 179 Å². The molecule has 1 aromatic carbocycles. The largest absolute Gasteiger partial charge is 0.497 e. The quantitative estimate of drug-likeness (QED) is 0.261. The summed E-state index contributed by atoms with van der Waals surface area (Å²) in [6, 6.07) is 6.94. The number of benzene rings is 1. The van der Waals surface area contributed by atoms with Crippen molar-refractivity contribution < 1.29 is 19.1 Å². The fourth-order valence-electron chi connectivity index (χ4n) is 2.32. The zero-order chi connectivity index (χ0) is 22.4. The van der Waals surface area contributed by atoms with E-state index < -0.39 is 11.7 Å². The Hall–Kier alpha value is -2.97. The van der Waals surface area contributed by atoms with Crippen LogP contribution in [0.3, 0.4) is 0 Å². The van der Waals surface area contributed by atoms with Gasteiger partial charge in [-0.1, -0.05) is 0 Å². The predicted molar refractivity (Wildman–Crippen MR) is 118 cm³/mol. The maximum absolute atomic E-state index is 12.1. The highest BCUT2D eigenvalue weighted by Crippen LogP contribution is 2.10. The van der Waals surface area contributed by atoms with Gasteiger partial charge in [0.15, 0.2) is 5.96 Å². The summed E-state index contributed by atoms with van der Waals surface area (Å²) in [5.41, 5.74) is 0.0709. The van der Waals surface area contributed by atoms with Crippen molar-refractivity contribution in [2.75, 3.05) is 39.8 Å². The van der Waals surface area contributed by atoms with Crippen molar-refractivity contribution in [2.24, 2.45) is 4.99 Å². The van der Waals surface area contributed by atoms with Gasteiger partial charge in [0.05, 0.1) is 7.11 Å². The highest BCUT2D eigenvalue weighted by Gasteiger charge is 2.15. The number of guanidine groups is 1. The molecule has 0 saturated heterocycles. The normalized spacial score (nSPS) is 11.4. The summed E-state index contributed by atoms with van der Waals surface area (Å²) in [5, 5.41) is 11.9. The van der Waals surface area contributed by atoms with Gasteiger partial charge in [-0.05, 0) is 58.4 Å². The molecule has 9 nitrogen and oxygen atoms in total. The molecular formula is C21H35N5O4. The van der Waals surface area contributed by atoms with Gasteiger partial charge in [-0.3, -0.25) is 9.79 Å². The van der Waals surface area contributed by atoms with Crippen molar-refractivity contribution in [1.29, 1.82) is 0 Å². The van der Waals surface area contributed by atoms with E-state index in [2.05, 4.69) is 26.3 Å². The van der Waals surface area contributed by atoms with Crippen LogP contribution < -0.4 is 26.0 Å². The van der Waals surface area contributed by atoms with Crippen molar-refractivity contribution >= 4 is 18.0 Å². The van der Waals surface area contributed by atoms with Crippen molar-refractivity contribution in [2.45, 2.75) is 39.7 Å². The van der Waals surface area contributed by atoms with Gasteiger partial charge in [-0.25, -0.2) is 4.79 Å². The van der Waals surface area contributed by atoms with E-state index in [1.165, 1.54) is 0 Å².